The molecular formula is C36H36N6O2Se2. The van der Waals surface area contributed by atoms with Gasteiger partial charge in [-0.1, -0.05) is 0 Å². The zero-order chi connectivity index (χ0) is 31.9. The Bertz CT molecular complexity index is 1800. The van der Waals surface area contributed by atoms with Gasteiger partial charge in [-0.2, -0.15) is 0 Å². The van der Waals surface area contributed by atoms with Gasteiger partial charge in [-0.25, -0.2) is 0 Å². The van der Waals surface area contributed by atoms with Crippen molar-refractivity contribution in [1.82, 2.24) is 20.6 Å². The molecular weight excluding hydrogens is 706 g/mol. The number of nitrogens with one attached hydrogen (secondary N) is 4. The van der Waals surface area contributed by atoms with E-state index in [-0.39, 0.29) is 38.1 Å². The van der Waals surface area contributed by atoms with Crippen LogP contribution in [-0.2, 0) is 35.5 Å². The monoisotopic (exact) mass is 744 g/mol. The van der Waals surface area contributed by atoms with Crippen molar-refractivity contribution in [2.45, 2.75) is 38.0 Å². The van der Waals surface area contributed by atoms with Crippen molar-refractivity contribution in [3.63, 3.8) is 0 Å². The predicted octanol–water partition coefficient (Wildman–Crippen LogP) is 2.30. The number of para-hydroxylation sites is 2. The van der Waals surface area contributed by atoms with Gasteiger partial charge in [0.1, 0.15) is 0 Å². The zero-order valence-electron chi connectivity index (χ0n) is 25.2. The molecule has 4 aromatic carbocycles. The van der Waals surface area contributed by atoms with Crippen LogP contribution in [0.1, 0.15) is 22.3 Å². The Kier molecular flexibility index (Phi) is 10.4. The third kappa shape index (κ3) is 7.62. The average molecular weight is 743 g/mol. The molecule has 6 rings (SSSR count). The number of fused-ring (bicyclic) bond motifs is 2. The van der Waals surface area contributed by atoms with Gasteiger partial charge in [0.15, 0.2) is 0 Å². The van der Waals surface area contributed by atoms with Crippen LogP contribution in [0.5, 0.6) is 0 Å². The minimum atomic E-state index is -0.680. The number of amides is 2. The van der Waals surface area contributed by atoms with E-state index in [9.17, 15) is 9.59 Å². The van der Waals surface area contributed by atoms with Crippen LogP contribution in [-0.4, -0.2) is 60.1 Å². The maximum atomic E-state index is 13.0. The van der Waals surface area contributed by atoms with E-state index in [1.165, 1.54) is 0 Å². The Morgan fingerprint density at radius 3 is 1.35 bits per heavy atom. The summed E-state index contributed by atoms with van der Waals surface area (Å²) in [4.78, 5) is 33.3. The summed E-state index contributed by atoms with van der Waals surface area (Å²) in [5.74, 6) is -0.342. The summed E-state index contributed by atoms with van der Waals surface area (Å²) in [5.41, 5.74) is 19.3. The number of carbonyl (C=O) groups excluding carboxylic acids is 2. The summed E-state index contributed by atoms with van der Waals surface area (Å²) >= 11 is 0.0771. The van der Waals surface area contributed by atoms with Gasteiger partial charge in [-0.05, 0) is 0 Å². The first-order valence-corrected chi connectivity index (χ1v) is 21.2. The molecule has 0 saturated heterocycles. The number of benzene rings is 4. The van der Waals surface area contributed by atoms with Gasteiger partial charge in [0, 0.05) is 0 Å². The van der Waals surface area contributed by atoms with E-state index in [0.717, 1.165) is 53.2 Å². The fourth-order valence-corrected chi connectivity index (χ4v) is 12.6. The predicted molar refractivity (Wildman–Crippen MR) is 187 cm³/mol. The van der Waals surface area contributed by atoms with Crippen molar-refractivity contribution >= 4 is 69.1 Å². The Balaban J connectivity index is 1.18. The van der Waals surface area contributed by atoms with Crippen LogP contribution in [0, 0.1) is 0 Å². The molecule has 2 amide bonds. The summed E-state index contributed by atoms with van der Waals surface area (Å²) in [6.07, 6.45) is 0.869. The number of H-pyrrole nitrogens is 2. The second-order valence-corrected chi connectivity index (χ2v) is 17.2. The van der Waals surface area contributed by atoms with Crippen molar-refractivity contribution in [3.05, 3.63) is 131 Å². The van der Waals surface area contributed by atoms with Crippen LogP contribution in [0.3, 0.4) is 0 Å². The number of hydrogen-bond acceptors (Lipinski definition) is 4. The molecule has 0 aliphatic heterocycles. The second-order valence-electron chi connectivity index (χ2n) is 11.2. The number of hydrogen-bond donors (Lipinski definition) is 6. The third-order valence-corrected chi connectivity index (χ3v) is 14.8. The fourth-order valence-electron chi connectivity index (χ4n) is 5.44. The standard InChI is InChI=1S/C36H36N6O2Se2/c37-29(33(43)39-21-23-11-3-1-4-12-23)19-27-25-15-7-9-17-31(25)41-35(27)45-46-36-28(26-16-8-10-18-32(26)42-36)20-30(38)34(44)40-22-24-13-5-2-6-14-24/h1-18,29-30,41-42H,19-22,37-38H2,(H,39,43)(H,40,44)/t29-,30-/m1/s1. The first-order chi connectivity index (χ1) is 22.5. The molecule has 10 heteroatoms. The quantitative estimate of drug-likeness (QED) is 0.101. The average Bonchev–Trinajstić information content (AvgIpc) is 3.63. The molecule has 0 radical (unpaired) electrons. The number of aromatic nitrogens is 2. The van der Waals surface area contributed by atoms with E-state index in [2.05, 4.69) is 44.9 Å². The summed E-state index contributed by atoms with van der Waals surface area (Å²) < 4.78 is 2.27. The van der Waals surface area contributed by atoms with Crippen LogP contribution in [0.25, 0.3) is 21.8 Å². The third-order valence-electron chi connectivity index (χ3n) is 7.90. The van der Waals surface area contributed by atoms with Crippen LogP contribution >= 0.6 is 0 Å². The Hall–Kier alpha value is -4.14. The number of aromatic amines is 2. The summed E-state index contributed by atoms with van der Waals surface area (Å²) in [6.45, 7) is 0.882. The van der Waals surface area contributed by atoms with Crippen molar-refractivity contribution in [1.29, 1.82) is 0 Å². The number of carbonyl (C=O) groups is 2. The van der Waals surface area contributed by atoms with Crippen LogP contribution in [0.2, 0.25) is 0 Å². The van der Waals surface area contributed by atoms with E-state index in [1.54, 1.807) is 0 Å². The number of rotatable bonds is 13. The normalized spacial score (nSPS) is 12.7. The van der Waals surface area contributed by atoms with Gasteiger partial charge < -0.3 is 0 Å². The number of nitrogens with two attached hydrogens (primary N) is 2. The van der Waals surface area contributed by atoms with Crippen LogP contribution in [0.4, 0.5) is 0 Å². The zero-order valence-corrected chi connectivity index (χ0v) is 28.6. The van der Waals surface area contributed by atoms with Gasteiger partial charge >= 0.3 is 280 Å². The molecule has 0 saturated carbocycles. The summed E-state index contributed by atoms with van der Waals surface area (Å²) in [5, 5.41) is 8.17. The Morgan fingerprint density at radius 1 is 0.565 bits per heavy atom. The Morgan fingerprint density at radius 2 is 0.935 bits per heavy atom. The molecule has 0 spiro atoms. The van der Waals surface area contributed by atoms with Crippen molar-refractivity contribution < 1.29 is 9.59 Å². The molecule has 8 nitrogen and oxygen atoms in total. The summed E-state index contributed by atoms with van der Waals surface area (Å²) in [6, 6.07) is 34.7. The van der Waals surface area contributed by atoms with Gasteiger partial charge in [0.05, 0.1) is 0 Å². The van der Waals surface area contributed by atoms with Crippen molar-refractivity contribution in [2.75, 3.05) is 0 Å². The molecule has 2 heterocycles. The first-order valence-electron chi connectivity index (χ1n) is 15.1. The molecule has 0 fully saturated rings. The molecule has 0 aliphatic rings. The van der Waals surface area contributed by atoms with Gasteiger partial charge in [-0.15, -0.1) is 0 Å². The van der Waals surface area contributed by atoms with Gasteiger partial charge in [0.25, 0.3) is 0 Å². The maximum absolute atomic E-state index is 13.0. The Labute approximate surface area is 279 Å². The van der Waals surface area contributed by atoms with E-state index in [1.807, 2.05) is 84.9 Å². The minimum absolute atomic E-state index is 0.0386. The molecule has 0 unspecified atom stereocenters. The molecule has 6 aromatic rings. The molecule has 0 bridgehead atoms. The second kappa shape index (κ2) is 15.0. The van der Waals surface area contributed by atoms with E-state index in [0.29, 0.717) is 25.9 Å². The van der Waals surface area contributed by atoms with Crippen LogP contribution < -0.4 is 31.3 Å². The molecule has 8 N–H and O–H groups in total. The molecule has 2 aromatic heterocycles. The molecule has 0 aliphatic carbocycles. The van der Waals surface area contributed by atoms with Gasteiger partial charge in [-0.3, -0.25) is 0 Å². The first kappa shape index (κ1) is 31.8. The SMILES string of the molecule is N[C@H](Cc1c([Se][Se]c2[nH]c3ccccc3c2C[C@@H](N)C(=O)NCc2ccccc2)[nH]c2ccccc12)C(=O)NCc1ccccc1. The van der Waals surface area contributed by atoms with E-state index in [4.69, 9.17) is 11.5 Å². The van der Waals surface area contributed by atoms with Crippen molar-refractivity contribution in [3.8, 4) is 0 Å². The van der Waals surface area contributed by atoms with Gasteiger partial charge in [0.2, 0.25) is 0 Å². The fraction of sp³-hybridized carbons (Fsp3) is 0.167. The molecule has 234 valence electrons. The topological polar surface area (TPSA) is 142 Å². The van der Waals surface area contributed by atoms with Crippen molar-refractivity contribution in [2.24, 2.45) is 11.5 Å². The van der Waals surface area contributed by atoms with E-state index < -0.39 is 12.1 Å². The molecule has 46 heavy (non-hydrogen) atoms. The molecule has 2 atom stereocenters. The van der Waals surface area contributed by atoms with E-state index >= 15 is 0 Å². The van der Waals surface area contributed by atoms with Crippen LogP contribution in [0.15, 0.2) is 109 Å². The summed E-state index contributed by atoms with van der Waals surface area (Å²) in [7, 11) is 0.